The summed E-state index contributed by atoms with van der Waals surface area (Å²) in [5, 5.41) is 0.223. The van der Waals surface area contributed by atoms with Gasteiger partial charge in [-0.05, 0) is 26.0 Å². The molecule has 78 valence electrons. The molecule has 1 aromatic heterocycles. The molecular weight excluding hydrogens is 216 g/mol. The smallest absolute Gasteiger partial charge is 0.270 e. The first kappa shape index (κ1) is 10.1. The number of fused-ring (bicyclic) bond motifs is 1. The molecule has 0 fully saturated rings. The average molecular weight is 225 g/mol. The fourth-order valence-electron chi connectivity index (χ4n) is 1.58. The predicted octanol–water partition coefficient (Wildman–Crippen LogP) is 1.74. The fraction of sp³-hybridized carbons (Fsp3) is 0.300. The Morgan fingerprint density at radius 3 is 2.53 bits per heavy atom. The first-order valence-corrected chi connectivity index (χ1v) is 4.94. The number of aromatic nitrogens is 1. The molecule has 2 rings (SSSR count). The number of pyridine rings is 1. The predicted molar refractivity (Wildman–Crippen MR) is 54.9 cm³/mol. The van der Waals surface area contributed by atoms with Crippen molar-refractivity contribution in [2.45, 2.75) is 19.9 Å². The van der Waals surface area contributed by atoms with E-state index in [1.165, 1.54) is 17.0 Å². The maximum Gasteiger partial charge on any atom is 0.280 e. The van der Waals surface area contributed by atoms with E-state index >= 15 is 0 Å². The van der Waals surface area contributed by atoms with Crippen molar-refractivity contribution in [3.05, 3.63) is 28.5 Å². The third-order valence-electron chi connectivity index (χ3n) is 2.25. The molecule has 0 aromatic carbocycles. The molecule has 2 amide bonds. The monoisotopic (exact) mass is 224 g/mol. The number of carbonyl (C=O) groups is 2. The van der Waals surface area contributed by atoms with Crippen molar-refractivity contribution in [3.63, 3.8) is 0 Å². The molecule has 4 nitrogen and oxygen atoms in total. The van der Waals surface area contributed by atoms with Crippen molar-refractivity contribution >= 4 is 23.4 Å². The Morgan fingerprint density at radius 1 is 1.27 bits per heavy atom. The zero-order valence-corrected chi connectivity index (χ0v) is 9.08. The van der Waals surface area contributed by atoms with Gasteiger partial charge in [-0.15, -0.1) is 0 Å². The third kappa shape index (κ3) is 1.41. The molecule has 0 bridgehead atoms. The summed E-state index contributed by atoms with van der Waals surface area (Å²) in [5.41, 5.74) is 0.485. The Labute approximate surface area is 91.9 Å². The van der Waals surface area contributed by atoms with Gasteiger partial charge in [0, 0.05) is 6.04 Å². The first-order chi connectivity index (χ1) is 7.02. The summed E-state index contributed by atoms with van der Waals surface area (Å²) >= 11 is 5.67. The van der Waals surface area contributed by atoms with Crippen molar-refractivity contribution in [2.24, 2.45) is 0 Å². The Balaban J connectivity index is 2.56. The lowest BCUT2D eigenvalue weighted by molar-refractivity contribution is 0.0607. The summed E-state index contributed by atoms with van der Waals surface area (Å²) in [7, 11) is 0. The van der Waals surface area contributed by atoms with E-state index < -0.39 is 0 Å². The maximum absolute atomic E-state index is 11.8. The highest BCUT2D eigenvalue weighted by molar-refractivity contribution is 6.30. The molecule has 0 spiro atoms. The van der Waals surface area contributed by atoms with Crippen LogP contribution in [0.3, 0.4) is 0 Å². The molecule has 1 aromatic rings. The molecule has 0 radical (unpaired) electrons. The largest absolute Gasteiger partial charge is 0.280 e. The maximum atomic E-state index is 11.8. The van der Waals surface area contributed by atoms with Gasteiger partial charge >= 0.3 is 0 Å². The molecule has 0 N–H and O–H groups in total. The topological polar surface area (TPSA) is 50.3 Å². The van der Waals surface area contributed by atoms with Crippen LogP contribution in [0.25, 0.3) is 0 Å². The highest BCUT2D eigenvalue weighted by atomic mass is 35.5. The van der Waals surface area contributed by atoms with Gasteiger partial charge in [-0.3, -0.25) is 14.5 Å². The lowest BCUT2D eigenvalue weighted by Gasteiger charge is -2.17. The van der Waals surface area contributed by atoms with E-state index in [9.17, 15) is 9.59 Å². The molecule has 0 aliphatic carbocycles. The number of rotatable bonds is 1. The Hall–Kier alpha value is -1.42. The fourth-order valence-corrected chi connectivity index (χ4v) is 1.72. The Kier molecular flexibility index (Phi) is 2.23. The van der Waals surface area contributed by atoms with Crippen LogP contribution < -0.4 is 0 Å². The van der Waals surface area contributed by atoms with Gasteiger partial charge in [0.25, 0.3) is 11.8 Å². The average Bonchev–Trinajstić information content (AvgIpc) is 2.39. The normalized spacial score (nSPS) is 15.1. The highest BCUT2D eigenvalue weighted by Crippen LogP contribution is 2.24. The van der Waals surface area contributed by atoms with Gasteiger partial charge in [0.2, 0.25) is 0 Å². The number of hydrogen-bond donors (Lipinski definition) is 0. The number of halogens is 1. The van der Waals surface area contributed by atoms with E-state index in [4.69, 9.17) is 11.6 Å². The molecule has 1 aliphatic rings. The lowest BCUT2D eigenvalue weighted by Crippen LogP contribution is -2.36. The zero-order valence-electron chi connectivity index (χ0n) is 8.32. The van der Waals surface area contributed by atoms with Crippen LogP contribution in [0.5, 0.6) is 0 Å². The Bertz CT molecular complexity index is 457. The quantitative estimate of drug-likeness (QED) is 0.539. The first-order valence-electron chi connectivity index (χ1n) is 4.57. The summed E-state index contributed by atoms with van der Waals surface area (Å²) in [4.78, 5) is 28.6. The standard InChI is InChI=1S/C10H9ClN2O2/c1-5(2)13-9(14)6-3-4-7(11)12-8(6)10(13)15/h3-5H,1-2H3. The van der Waals surface area contributed by atoms with Crippen molar-refractivity contribution in [1.29, 1.82) is 0 Å². The second kappa shape index (κ2) is 3.31. The molecule has 15 heavy (non-hydrogen) atoms. The summed E-state index contributed by atoms with van der Waals surface area (Å²) in [6, 6.07) is 2.88. The van der Waals surface area contributed by atoms with E-state index in [-0.39, 0.29) is 28.7 Å². The van der Waals surface area contributed by atoms with Gasteiger partial charge in [-0.2, -0.15) is 0 Å². The van der Waals surface area contributed by atoms with Crippen LogP contribution in [0, 0.1) is 0 Å². The van der Waals surface area contributed by atoms with Crippen LogP contribution in [-0.2, 0) is 0 Å². The zero-order chi connectivity index (χ0) is 11.2. The van der Waals surface area contributed by atoms with E-state index in [0.717, 1.165) is 0 Å². The molecule has 2 heterocycles. The molecule has 0 saturated heterocycles. The minimum absolute atomic E-state index is 0.154. The van der Waals surface area contributed by atoms with E-state index in [2.05, 4.69) is 4.98 Å². The van der Waals surface area contributed by atoms with E-state index in [1.54, 1.807) is 13.8 Å². The molecule has 1 aliphatic heterocycles. The molecule has 0 saturated carbocycles. The van der Waals surface area contributed by atoms with E-state index in [0.29, 0.717) is 5.56 Å². The van der Waals surface area contributed by atoms with Crippen LogP contribution >= 0.6 is 11.6 Å². The summed E-state index contributed by atoms with van der Waals surface area (Å²) in [5.74, 6) is -0.665. The van der Waals surface area contributed by atoms with Gasteiger partial charge in [-0.25, -0.2) is 4.98 Å². The van der Waals surface area contributed by atoms with Crippen LogP contribution in [0.2, 0.25) is 5.15 Å². The molecule has 5 heteroatoms. The molecular formula is C10H9ClN2O2. The van der Waals surface area contributed by atoms with Gasteiger partial charge in [0.1, 0.15) is 10.8 Å². The number of carbonyl (C=O) groups excluding carboxylic acids is 2. The highest BCUT2D eigenvalue weighted by Gasteiger charge is 2.38. The summed E-state index contributed by atoms with van der Waals surface area (Å²) in [6.07, 6.45) is 0. The van der Waals surface area contributed by atoms with Gasteiger partial charge in [0.15, 0.2) is 0 Å². The van der Waals surface area contributed by atoms with Crippen LogP contribution in [-0.4, -0.2) is 27.7 Å². The van der Waals surface area contributed by atoms with Crippen LogP contribution in [0.1, 0.15) is 34.7 Å². The van der Waals surface area contributed by atoms with Gasteiger partial charge in [-0.1, -0.05) is 11.6 Å². The lowest BCUT2D eigenvalue weighted by atomic mass is 10.2. The molecule has 0 unspecified atom stereocenters. The summed E-state index contributed by atoms with van der Waals surface area (Å²) < 4.78 is 0. The van der Waals surface area contributed by atoms with Crippen LogP contribution in [0.4, 0.5) is 0 Å². The third-order valence-corrected chi connectivity index (χ3v) is 2.46. The second-order valence-electron chi connectivity index (χ2n) is 3.60. The van der Waals surface area contributed by atoms with Crippen molar-refractivity contribution < 1.29 is 9.59 Å². The van der Waals surface area contributed by atoms with Crippen molar-refractivity contribution in [3.8, 4) is 0 Å². The summed E-state index contributed by atoms with van der Waals surface area (Å²) in [6.45, 7) is 3.56. The van der Waals surface area contributed by atoms with Gasteiger partial charge in [0.05, 0.1) is 5.56 Å². The number of nitrogens with zero attached hydrogens (tertiary/aromatic N) is 2. The van der Waals surface area contributed by atoms with Crippen molar-refractivity contribution in [2.75, 3.05) is 0 Å². The number of imide groups is 1. The minimum atomic E-state index is -0.368. The second-order valence-corrected chi connectivity index (χ2v) is 3.99. The minimum Gasteiger partial charge on any atom is -0.270 e. The Morgan fingerprint density at radius 2 is 1.93 bits per heavy atom. The number of amides is 2. The van der Waals surface area contributed by atoms with Crippen molar-refractivity contribution in [1.82, 2.24) is 9.88 Å². The number of hydrogen-bond acceptors (Lipinski definition) is 3. The van der Waals surface area contributed by atoms with Crippen LogP contribution in [0.15, 0.2) is 12.1 Å². The van der Waals surface area contributed by atoms with Gasteiger partial charge < -0.3 is 0 Å². The molecule has 0 atom stereocenters. The van der Waals surface area contributed by atoms with E-state index in [1.807, 2.05) is 0 Å². The SMILES string of the molecule is CC(C)N1C(=O)c2ccc(Cl)nc2C1=O.